The van der Waals surface area contributed by atoms with E-state index in [4.69, 9.17) is 5.73 Å². The maximum absolute atomic E-state index is 12.4. The van der Waals surface area contributed by atoms with Gasteiger partial charge in [0.2, 0.25) is 0 Å². The highest BCUT2D eigenvalue weighted by atomic mass is 79.9. The summed E-state index contributed by atoms with van der Waals surface area (Å²) in [6.45, 7) is 4.16. The Morgan fingerprint density at radius 1 is 1.29 bits per heavy atom. The monoisotopic (exact) mass is 317 g/mol. The first-order valence-corrected chi connectivity index (χ1v) is 8.02. The highest BCUT2D eigenvalue weighted by Gasteiger charge is 2.22. The highest BCUT2D eigenvalue weighted by Crippen LogP contribution is 2.20. The zero-order chi connectivity index (χ0) is 12.8. The number of nitrogens with two attached hydrogens (primary N) is 1. The van der Waals surface area contributed by atoms with Crippen molar-refractivity contribution in [2.45, 2.75) is 49.3 Å². The fourth-order valence-corrected chi connectivity index (χ4v) is 3.65. The lowest BCUT2D eigenvalue weighted by Gasteiger charge is -2.21. The third kappa shape index (κ3) is 4.19. The maximum atomic E-state index is 12.4. The molecule has 0 bridgehead atoms. The summed E-state index contributed by atoms with van der Waals surface area (Å²) in [5.74, 6) is 0. The average Bonchev–Trinajstić information content (AvgIpc) is 2.31. The molecule has 0 heterocycles. The zero-order valence-corrected chi connectivity index (χ0v) is 12.8. The molecule has 0 aliphatic heterocycles. The number of hydrogen-bond donors (Lipinski definition) is 1. The van der Waals surface area contributed by atoms with Crippen LogP contribution in [0, 0.1) is 0 Å². The Morgan fingerprint density at radius 2 is 1.88 bits per heavy atom. The molecule has 0 aliphatic rings. The van der Waals surface area contributed by atoms with Gasteiger partial charge in [-0.05, 0) is 37.1 Å². The van der Waals surface area contributed by atoms with Gasteiger partial charge in [0.25, 0.3) is 0 Å². The molecule has 0 amide bonds. The molecule has 3 atom stereocenters. The van der Waals surface area contributed by atoms with Crippen LogP contribution in [-0.4, -0.2) is 15.5 Å². The predicted octanol–water partition coefficient (Wildman–Crippen LogP) is 3.46. The van der Waals surface area contributed by atoms with Crippen molar-refractivity contribution < 1.29 is 4.21 Å². The van der Waals surface area contributed by atoms with Gasteiger partial charge in [0, 0.05) is 15.4 Å². The van der Waals surface area contributed by atoms with Gasteiger partial charge in [-0.2, -0.15) is 0 Å². The lowest BCUT2D eigenvalue weighted by molar-refractivity contribution is 0.550. The van der Waals surface area contributed by atoms with Gasteiger partial charge in [0.1, 0.15) is 0 Å². The fraction of sp³-hybridized carbons (Fsp3) is 0.538. The molecule has 2 nitrogen and oxygen atoms in total. The van der Waals surface area contributed by atoms with Crippen LogP contribution in [0.5, 0.6) is 0 Å². The zero-order valence-electron chi connectivity index (χ0n) is 10.4. The van der Waals surface area contributed by atoms with Crippen LogP contribution >= 0.6 is 15.9 Å². The number of hydrogen-bond acceptors (Lipinski definition) is 2. The molecule has 0 spiro atoms. The van der Waals surface area contributed by atoms with Crippen LogP contribution in [0.25, 0.3) is 0 Å². The summed E-state index contributed by atoms with van der Waals surface area (Å²) >= 11 is 3.38. The van der Waals surface area contributed by atoms with Gasteiger partial charge in [-0.1, -0.05) is 36.2 Å². The Balaban J connectivity index is 2.82. The normalized spacial score (nSPS) is 16.5. The molecular formula is C13H20BrNOS. The third-order valence-corrected chi connectivity index (χ3v) is 5.32. The third-order valence-electron chi connectivity index (χ3n) is 2.82. The van der Waals surface area contributed by atoms with Crippen molar-refractivity contribution in [1.29, 1.82) is 0 Å². The van der Waals surface area contributed by atoms with Crippen molar-refractivity contribution in [2.75, 3.05) is 0 Å². The summed E-state index contributed by atoms with van der Waals surface area (Å²) in [7, 11) is -1.01. The molecule has 0 radical (unpaired) electrons. The molecule has 0 saturated carbocycles. The highest BCUT2D eigenvalue weighted by molar-refractivity contribution is 9.10. The largest absolute Gasteiger partial charge is 0.327 e. The molecular weight excluding hydrogens is 298 g/mol. The first-order chi connectivity index (χ1) is 8.10. The summed E-state index contributed by atoms with van der Waals surface area (Å²) in [5.41, 5.74) is 6.10. The van der Waals surface area contributed by atoms with Gasteiger partial charge in [-0.25, -0.2) is 0 Å². The van der Waals surface area contributed by atoms with Gasteiger partial charge < -0.3 is 5.73 Å². The van der Waals surface area contributed by atoms with E-state index in [2.05, 4.69) is 29.8 Å². The molecule has 1 aromatic rings. The summed E-state index contributed by atoms with van der Waals surface area (Å²) in [5, 5.41) is 0.0520. The minimum atomic E-state index is -1.01. The Bertz CT molecular complexity index is 366. The van der Waals surface area contributed by atoms with E-state index in [0.29, 0.717) is 0 Å². The predicted molar refractivity (Wildman–Crippen MR) is 77.5 cm³/mol. The molecule has 2 N–H and O–H groups in total. The minimum Gasteiger partial charge on any atom is -0.327 e. The van der Waals surface area contributed by atoms with Crippen molar-refractivity contribution >= 4 is 26.7 Å². The Kier molecular flexibility index (Phi) is 6.38. The molecule has 0 saturated heterocycles. The molecule has 4 heteroatoms. The van der Waals surface area contributed by atoms with Gasteiger partial charge in [-0.3, -0.25) is 4.21 Å². The topological polar surface area (TPSA) is 43.1 Å². The Labute approximate surface area is 115 Å². The molecule has 0 fully saturated rings. The van der Waals surface area contributed by atoms with E-state index in [-0.39, 0.29) is 11.3 Å². The van der Waals surface area contributed by atoms with E-state index in [0.717, 1.165) is 28.6 Å². The first kappa shape index (κ1) is 14.9. The van der Waals surface area contributed by atoms with Gasteiger partial charge >= 0.3 is 0 Å². The maximum Gasteiger partial charge on any atom is 0.0576 e. The van der Waals surface area contributed by atoms with Crippen LogP contribution < -0.4 is 5.73 Å². The van der Waals surface area contributed by atoms with Crippen molar-refractivity contribution in [2.24, 2.45) is 5.73 Å². The van der Waals surface area contributed by atoms with E-state index in [1.54, 1.807) is 0 Å². The smallest absolute Gasteiger partial charge is 0.0576 e. The van der Waals surface area contributed by atoms with Crippen molar-refractivity contribution in [3.8, 4) is 0 Å². The minimum absolute atomic E-state index is 0.0227. The van der Waals surface area contributed by atoms with Crippen molar-refractivity contribution in [1.82, 2.24) is 0 Å². The standard InChI is InChI=1S/C13H20BrNOS/c1-3-5-12(15)13(4-2)17(16)11-8-6-10(14)7-9-11/h6-9,12-13H,3-5,15H2,1-2H3. The quantitative estimate of drug-likeness (QED) is 0.873. The summed E-state index contributed by atoms with van der Waals surface area (Å²) in [6, 6.07) is 7.68. The molecule has 17 heavy (non-hydrogen) atoms. The number of benzene rings is 1. The molecule has 0 aromatic heterocycles. The Hall–Kier alpha value is -0.190. The van der Waals surface area contributed by atoms with Crippen LogP contribution in [0.3, 0.4) is 0 Å². The SMILES string of the molecule is CCCC(N)C(CC)S(=O)c1ccc(Br)cc1. The summed E-state index contributed by atoms with van der Waals surface area (Å²) in [6.07, 6.45) is 2.82. The summed E-state index contributed by atoms with van der Waals surface area (Å²) in [4.78, 5) is 0.867. The lowest BCUT2D eigenvalue weighted by atomic mass is 10.1. The van der Waals surface area contributed by atoms with Gasteiger partial charge in [-0.15, -0.1) is 0 Å². The van der Waals surface area contributed by atoms with E-state index in [1.165, 1.54) is 0 Å². The molecule has 1 aromatic carbocycles. The second-order valence-electron chi connectivity index (χ2n) is 4.15. The van der Waals surface area contributed by atoms with Crippen LogP contribution in [0.1, 0.15) is 33.1 Å². The van der Waals surface area contributed by atoms with Gasteiger partial charge in [0.15, 0.2) is 0 Å². The van der Waals surface area contributed by atoms with E-state index in [1.807, 2.05) is 24.3 Å². The molecule has 96 valence electrons. The molecule has 0 aliphatic carbocycles. The van der Waals surface area contributed by atoms with Crippen molar-refractivity contribution in [3.63, 3.8) is 0 Å². The molecule has 3 unspecified atom stereocenters. The van der Waals surface area contributed by atoms with E-state index in [9.17, 15) is 4.21 Å². The average molecular weight is 318 g/mol. The van der Waals surface area contributed by atoms with Crippen LogP contribution in [0.4, 0.5) is 0 Å². The first-order valence-electron chi connectivity index (χ1n) is 6.01. The van der Waals surface area contributed by atoms with E-state index >= 15 is 0 Å². The molecule has 1 rings (SSSR count). The van der Waals surface area contributed by atoms with Crippen LogP contribution in [0.15, 0.2) is 33.6 Å². The van der Waals surface area contributed by atoms with E-state index < -0.39 is 10.8 Å². The fourth-order valence-electron chi connectivity index (χ4n) is 1.88. The summed E-state index contributed by atoms with van der Waals surface area (Å²) < 4.78 is 13.4. The Morgan fingerprint density at radius 3 is 2.35 bits per heavy atom. The van der Waals surface area contributed by atoms with Crippen LogP contribution in [-0.2, 0) is 10.8 Å². The number of halogens is 1. The van der Waals surface area contributed by atoms with Gasteiger partial charge in [0.05, 0.1) is 16.0 Å². The lowest BCUT2D eigenvalue weighted by Crippen LogP contribution is -2.37. The second-order valence-corrected chi connectivity index (χ2v) is 6.74. The van der Waals surface area contributed by atoms with Crippen molar-refractivity contribution in [3.05, 3.63) is 28.7 Å². The second kappa shape index (κ2) is 7.29. The van der Waals surface area contributed by atoms with Crippen LogP contribution in [0.2, 0.25) is 0 Å². The number of rotatable bonds is 6.